The molecule has 0 aliphatic rings. The molecule has 0 saturated heterocycles. The summed E-state index contributed by atoms with van der Waals surface area (Å²) in [5.74, 6) is 0.161. The summed E-state index contributed by atoms with van der Waals surface area (Å²) in [4.78, 5) is 35.6. The average molecular weight is 700 g/mol. The number of alkyl carbamates (subject to hydrolysis) is 2. The van der Waals surface area contributed by atoms with Gasteiger partial charge in [0.05, 0.1) is 17.7 Å². The van der Waals surface area contributed by atoms with Crippen LogP contribution in [-0.4, -0.2) is 55.7 Å². The van der Waals surface area contributed by atoms with Crippen molar-refractivity contribution in [2.24, 2.45) is 0 Å². The number of nitrogens with one attached hydrogen (secondary N) is 2. The second-order valence-corrected chi connectivity index (χ2v) is 14.4. The molecule has 0 heterocycles. The molecule has 0 aliphatic carbocycles. The molecule has 1 rings (SSSR count). The number of hydrogen-bond donors (Lipinski definition) is 2. The Kier molecular flexibility index (Phi) is 25.2. The maximum atomic E-state index is 14.0. The highest BCUT2D eigenvalue weighted by Crippen LogP contribution is 2.49. The van der Waals surface area contributed by atoms with Crippen LogP contribution in [0.4, 0.5) is 15.3 Å². The van der Waals surface area contributed by atoms with E-state index >= 15 is 0 Å². The fourth-order valence-corrected chi connectivity index (χ4v) is 6.65. The van der Waals surface area contributed by atoms with Gasteiger partial charge in [0, 0.05) is 25.2 Å². The average Bonchev–Trinajstić information content (AvgIpc) is 3.07. The van der Waals surface area contributed by atoms with Crippen molar-refractivity contribution in [3.63, 3.8) is 0 Å². The number of unbranched alkanes of at least 4 members (excludes halogenated alkanes) is 15. The molecule has 0 fully saturated rings. The Balaban J connectivity index is 2.84. The lowest BCUT2D eigenvalue weighted by Crippen LogP contribution is -2.36. The van der Waals surface area contributed by atoms with Gasteiger partial charge in [0.15, 0.2) is 6.10 Å². The molecule has 48 heavy (non-hydrogen) atoms. The summed E-state index contributed by atoms with van der Waals surface area (Å²) in [6.45, 7) is 6.74. The van der Waals surface area contributed by atoms with Crippen molar-refractivity contribution in [1.29, 1.82) is 0 Å². The SMILES string of the molecule is CCCCCCCCNC(=O)OC[C@H](CO[P@](=O)(CCCCCCCC)Oc1ccc([N+](=O)[O-])cc1)OC(=O)NCCCCCCCC. The zero-order chi connectivity index (χ0) is 35.3. The molecule has 2 amide bonds. The number of amides is 2. The number of benzene rings is 1. The summed E-state index contributed by atoms with van der Waals surface area (Å²) in [6, 6.07) is 5.27. The number of ether oxygens (including phenoxy) is 2. The van der Waals surface area contributed by atoms with Crippen LogP contribution in [0.2, 0.25) is 0 Å². The number of nitro groups is 1. The number of non-ortho nitro benzene ring substituents is 1. The van der Waals surface area contributed by atoms with Crippen LogP contribution in [0, 0.1) is 10.1 Å². The Hall–Kier alpha value is -2.85. The van der Waals surface area contributed by atoms with Crippen molar-refractivity contribution in [3.8, 4) is 5.75 Å². The fraction of sp³-hybridized carbons (Fsp3) is 0.771. The number of carbonyl (C=O) groups is 2. The Bertz CT molecular complexity index is 1040. The van der Waals surface area contributed by atoms with Gasteiger partial charge in [-0.25, -0.2) is 14.2 Å². The quantitative estimate of drug-likeness (QED) is 0.0345. The molecule has 12 nitrogen and oxygen atoms in total. The van der Waals surface area contributed by atoms with Gasteiger partial charge in [-0.3, -0.25) is 14.6 Å². The summed E-state index contributed by atoms with van der Waals surface area (Å²) in [5, 5.41) is 16.5. The molecule has 0 bridgehead atoms. The monoisotopic (exact) mass is 699 g/mol. The van der Waals surface area contributed by atoms with Crippen LogP contribution >= 0.6 is 7.60 Å². The molecule has 0 saturated carbocycles. The van der Waals surface area contributed by atoms with Gasteiger partial charge in [-0.2, -0.15) is 0 Å². The van der Waals surface area contributed by atoms with Crippen molar-refractivity contribution in [2.75, 3.05) is 32.5 Å². The van der Waals surface area contributed by atoms with E-state index in [0.717, 1.165) is 77.0 Å². The van der Waals surface area contributed by atoms with Crippen LogP contribution < -0.4 is 15.2 Å². The summed E-state index contributed by atoms with van der Waals surface area (Å²) in [5.41, 5.74) is -0.124. The summed E-state index contributed by atoms with van der Waals surface area (Å²) >= 11 is 0. The molecule has 0 spiro atoms. The van der Waals surface area contributed by atoms with Crippen LogP contribution in [0.25, 0.3) is 0 Å². The first kappa shape index (κ1) is 43.2. The van der Waals surface area contributed by atoms with Gasteiger partial charge in [-0.05, 0) is 31.4 Å². The highest BCUT2D eigenvalue weighted by molar-refractivity contribution is 7.54. The zero-order valence-corrected chi connectivity index (χ0v) is 30.6. The topological polar surface area (TPSA) is 155 Å². The fourth-order valence-electron chi connectivity index (χ4n) is 4.93. The number of nitrogens with zero attached hydrogens (tertiary/aromatic N) is 1. The highest BCUT2D eigenvalue weighted by Gasteiger charge is 2.29. The molecule has 1 aromatic carbocycles. The lowest BCUT2D eigenvalue weighted by atomic mass is 10.1. The van der Waals surface area contributed by atoms with E-state index in [2.05, 4.69) is 31.4 Å². The van der Waals surface area contributed by atoms with Gasteiger partial charge in [0.2, 0.25) is 0 Å². The molecular weight excluding hydrogens is 637 g/mol. The van der Waals surface area contributed by atoms with E-state index in [0.29, 0.717) is 19.5 Å². The number of hydrogen-bond acceptors (Lipinski definition) is 9. The molecule has 0 radical (unpaired) electrons. The van der Waals surface area contributed by atoms with Crippen LogP contribution in [0.5, 0.6) is 5.75 Å². The number of carbonyl (C=O) groups excluding carboxylic acids is 2. The van der Waals surface area contributed by atoms with E-state index in [1.165, 1.54) is 56.4 Å². The first-order valence-corrected chi connectivity index (χ1v) is 20.0. The third-order valence-electron chi connectivity index (χ3n) is 7.81. The molecular formula is C35H62N3O9P. The van der Waals surface area contributed by atoms with Crippen LogP contribution in [0.15, 0.2) is 24.3 Å². The molecule has 13 heteroatoms. The molecule has 2 atom stereocenters. The molecule has 0 aromatic heterocycles. The molecule has 276 valence electrons. The lowest BCUT2D eigenvalue weighted by molar-refractivity contribution is -0.384. The zero-order valence-electron chi connectivity index (χ0n) is 29.7. The van der Waals surface area contributed by atoms with Crippen LogP contribution in [0.1, 0.15) is 136 Å². The Labute approximate surface area is 288 Å². The minimum Gasteiger partial charge on any atom is -0.446 e. The van der Waals surface area contributed by atoms with Crippen molar-refractivity contribution in [1.82, 2.24) is 10.6 Å². The standard InChI is InChI=1S/C35H62N3O9P/c1-4-7-10-13-16-19-26-36-34(39)44-29-33(46-35(40)37-27-20-17-14-11-8-5-2)30-45-48(43,28-21-18-15-12-9-6-3)47-32-24-22-31(23-25-32)38(41)42/h22-25,33H,4-21,26-30H2,1-3H3,(H,36,39)(H,37,40)/t33-,48-/m1/s1. The summed E-state index contributed by atoms with van der Waals surface area (Å²) in [6.07, 6.45) is 16.4. The molecule has 1 aromatic rings. The Morgan fingerprint density at radius 1 is 0.708 bits per heavy atom. The smallest absolute Gasteiger partial charge is 0.407 e. The van der Waals surface area contributed by atoms with Crippen molar-refractivity contribution in [2.45, 2.75) is 142 Å². The Morgan fingerprint density at radius 2 is 1.19 bits per heavy atom. The molecule has 2 N–H and O–H groups in total. The normalized spacial score (nSPS) is 12.9. The van der Waals surface area contributed by atoms with Crippen LogP contribution in [-0.2, 0) is 18.6 Å². The van der Waals surface area contributed by atoms with Gasteiger partial charge in [-0.15, -0.1) is 0 Å². The number of rotatable bonds is 30. The first-order chi connectivity index (χ1) is 23.2. The van der Waals surface area contributed by atoms with Crippen LogP contribution in [0.3, 0.4) is 0 Å². The van der Waals surface area contributed by atoms with E-state index in [-0.39, 0.29) is 30.8 Å². The maximum Gasteiger partial charge on any atom is 0.407 e. The second-order valence-electron chi connectivity index (χ2n) is 12.3. The van der Waals surface area contributed by atoms with E-state index in [9.17, 15) is 24.3 Å². The molecule has 0 unspecified atom stereocenters. The lowest BCUT2D eigenvalue weighted by Gasteiger charge is -2.23. The minimum absolute atomic E-state index is 0.104. The van der Waals surface area contributed by atoms with Crippen molar-refractivity contribution < 1.29 is 37.6 Å². The maximum absolute atomic E-state index is 14.0. The van der Waals surface area contributed by atoms with E-state index in [1.807, 2.05) is 0 Å². The van der Waals surface area contributed by atoms with Gasteiger partial charge in [0.1, 0.15) is 12.4 Å². The highest BCUT2D eigenvalue weighted by atomic mass is 31.2. The van der Waals surface area contributed by atoms with Gasteiger partial charge in [0.25, 0.3) is 5.69 Å². The number of nitro benzene ring substituents is 1. The Morgan fingerprint density at radius 3 is 1.71 bits per heavy atom. The summed E-state index contributed by atoms with van der Waals surface area (Å²) < 4.78 is 36.5. The van der Waals surface area contributed by atoms with E-state index < -0.39 is 30.8 Å². The summed E-state index contributed by atoms with van der Waals surface area (Å²) in [7, 11) is -3.79. The predicted molar refractivity (Wildman–Crippen MR) is 190 cm³/mol. The largest absolute Gasteiger partial charge is 0.446 e. The third-order valence-corrected chi connectivity index (χ3v) is 9.70. The van der Waals surface area contributed by atoms with Gasteiger partial charge >= 0.3 is 19.8 Å². The van der Waals surface area contributed by atoms with Crippen molar-refractivity contribution >= 4 is 25.5 Å². The van der Waals surface area contributed by atoms with E-state index in [1.54, 1.807) is 0 Å². The van der Waals surface area contributed by atoms with Gasteiger partial charge < -0.3 is 24.6 Å². The third kappa shape index (κ3) is 22.7. The minimum atomic E-state index is -3.79. The molecule has 0 aliphatic heterocycles. The van der Waals surface area contributed by atoms with Crippen molar-refractivity contribution in [3.05, 3.63) is 34.4 Å². The first-order valence-electron chi connectivity index (χ1n) is 18.3. The predicted octanol–water partition coefficient (Wildman–Crippen LogP) is 10.1. The van der Waals surface area contributed by atoms with E-state index in [4.69, 9.17) is 18.5 Å². The van der Waals surface area contributed by atoms with Gasteiger partial charge in [-0.1, -0.05) is 117 Å². The second kappa shape index (κ2) is 28.0.